The first-order chi connectivity index (χ1) is 18.3. The number of carbonyl (C=O) groups excluding carboxylic acids is 2. The van der Waals surface area contributed by atoms with Gasteiger partial charge in [0.2, 0.25) is 10.0 Å². The van der Waals surface area contributed by atoms with Gasteiger partial charge in [-0.2, -0.15) is 0 Å². The molecule has 204 valence electrons. The number of nitrogens with zero attached hydrogens (tertiary/aromatic N) is 1. The number of hydrogen-bond donors (Lipinski definition) is 2. The van der Waals surface area contributed by atoms with Gasteiger partial charge in [-0.1, -0.05) is 39.0 Å². The van der Waals surface area contributed by atoms with Gasteiger partial charge in [0.05, 0.1) is 36.3 Å². The van der Waals surface area contributed by atoms with E-state index in [1.165, 1.54) is 43.4 Å². The molecule has 0 saturated carbocycles. The van der Waals surface area contributed by atoms with Crippen LogP contribution in [0.15, 0.2) is 77.2 Å². The summed E-state index contributed by atoms with van der Waals surface area (Å²) in [5.41, 5.74) is 1.53. The Morgan fingerprint density at radius 1 is 0.923 bits per heavy atom. The highest BCUT2D eigenvalue weighted by atomic mass is 32.2. The van der Waals surface area contributed by atoms with Gasteiger partial charge >= 0.3 is 0 Å². The molecular formula is C29H30N2O7S. The van der Waals surface area contributed by atoms with Gasteiger partial charge in [-0.3, -0.25) is 14.5 Å². The highest BCUT2D eigenvalue weighted by molar-refractivity contribution is 7.89. The van der Waals surface area contributed by atoms with Crippen molar-refractivity contribution in [1.29, 1.82) is 0 Å². The fraction of sp³-hybridized carbons (Fsp3) is 0.241. The Labute approximate surface area is 227 Å². The summed E-state index contributed by atoms with van der Waals surface area (Å²) < 4.78 is 34.3. The van der Waals surface area contributed by atoms with Gasteiger partial charge in [0, 0.05) is 5.69 Å². The summed E-state index contributed by atoms with van der Waals surface area (Å²) in [6.07, 6.45) is 0. The van der Waals surface area contributed by atoms with E-state index in [0.717, 1.165) is 5.56 Å². The molecule has 4 rings (SSSR count). The van der Waals surface area contributed by atoms with Crippen molar-refractivity contribution in [2.24, 2.45) is 5.14 Å². The van der Waals surface area contributed by atoms with Gasteiger partial charge in [-0.05, 0) is 65.1 Å². The first kappa shape index (κ1) is 27.9. The Morgan fingerprint density at radius 2 is 1.54 bits per heavy atom. The van der Waals surface area contributed by atoms with Crippen molar-refractivity contribution in [3.63, 3.8) is 0 Å². The van der Waals surface area contributed by atoms with E-state index in [0.29, 0.717) is 17.1 Å². The molecule has 0 aliphatic carbocycles. The van der Waals surface area contributed by atoms with Crippen LogP contribution in [0.2, 0.25) is 0 Å². The van der Waals surface area contributed by atoms with Crippen LogP contribution in [-0.4, -0.2) is 39.4 Å². The minimum atomic E-state index is -3.97. The second-order valence-corrected chi connectivity index (χ2v) is 11.7. The molecule has 0 radical (unpaired) electrons. The van der Waals surface area contributed by atoms with E-state index >= 15 is 0 Å². The zero-order valence-corrected chi connectivity index (χ0v) is 23.1. The fourth-order valence-electron chi connectivity index (χ4n) is 4.50. The van der Waals surface area contributed by atoms with Crippen molar-refractivity contribution < 1.29 is 32.6 Å². The second kappa shape index (κ2) is 10.2. The highest BCUT2D eigenvalue weighted by Crippen LogP contribution is 2.44. The molecule has 0 aromatic heterocycles. The molecular weight excluding hydrogens is 520 g/mol. The standard InChI is InChI=1S/C29H30N2O7S/c1-29(2,3)18-8-15-23(38-5)22(16-18)26(32)24-25(17-6-11-20(37-4)12-7-17)31(28(34)27(24)33)19-9-13-21(14-10-19)39(30,35)36/h6-16,25,32H,1-5H3,(H2,30,35,36)/b26-24+. The largest absolute Gasteiger partial charge is 0.507 e. The van der Waals surface area contributed by atoms with Crippen molar-refractivity contribution >= 4 is 33.2 Å². The van der Waals surface area contributed by atoms with Crippen molar-refractivity contribution in [3.8, 4) is 11.5 Å². The zero-order chi connectivity index (χ0) is 28.7. The summed E-state index contributed by atoms with van der Waals surface area (Å²) in [5.74, 6) is -1.27. The minimum absolute atomic E-state index is 0.134. The van der Waals surface area contributed by atoms with Crippen LogP contribution >= 0.6 is 0 Å². The lowest BCUT2D eigenvalue weighted by molar-refractivity contribution is -0.132. The maximum Gasteiger partial charge on any atom is 0.300 e. The number of benzene rings is 3. The molecule has 0 bridgehead atoms. The molecule has 3 N–H and O–H groups in total. The first-order valence-electron chi connectivity index (χ1n) is 12.0. The zero-order valence-electron chi connectivity index (χ0n) is 22.3. The number of amides is 1. The Balaban J connectivity index is 1.97. The number of nitrogens with two attached hydrogens (primary N) is 1. The van der Waals surface area contributed by atoms with Gasteiger partial charge in [0.25, 0.3) is 11.7 Å². The molecule has 1 unspecified atom stereocenters. The number of anilines is 1. The Kier molecular flexibility index (Phi) is 7.29. The summed E-state index contributed by atoms with van der Waals surface area (Å²) in [5, 5.41) is 16.9. The summed E-state index contributed by atoms with van der Waals surface area (Å²) in [6, 6.07) is 16.3. The number of aliphatic hydroxyl groups is 1. The SMILES string of the molecule is COc1ccc(C2/C(=C(\O)c3cc(C(C)(C)C)ccc3OC)C(=O)C(=O)N2c2ccc(S(N)(=O)=O)cc2)cc1. The average molecular weight is 551 g/mol. The van der Waals surface area contributed by atoms with E-state index in [4.69, 9.17) is 14.6 Å². The van der Waals surface area contributed by atoms with E-state index in [2.05, 4.69) is 0 Å². The Hall–Kier alpha value is -4.15. The van der Waals surface area contributed by atoms with Crippen LogP contribution in [0.3, 0.4) is 0 Å². The summed E-state index contributed by atoms with van der Waals surface area (Å²) in [4.78, 5) is 28.1. The lowest BCUT2D eigenvalue weighted by Crippen LogP contribution is -2.29. The van der Waals surface area contributed by atoms with E-state index in [-0.39, 0.29) is 32.9 Å². The lowest BCUT2D eigenvalue weighted by atomic mass is 9.85. The molecule has 1 fully saturated rings. The molecule has 39 heavy (non-hydrogen) atoms. The topological polar surface area (TPSA) is 136 Å². The van der Waals surface area contributed by atoms with E-state index in [1.807, 2.05) is 26.8 Å². The van der Waals surface area contributed by atoms with E-state index in [9.17, 15) is 23.1 Å². The van der Waals surface area contributed by atoms with Crippen LogP contribution < -0.4 is 19.5 Å². The number of ketones is 1. The van der Waals surface area contributed by atoms with Crippen LogP contribution in [0.25, 0.3) is 5.76 Å². The van der Waals surface area contributed by atoms with Gasteiger partial charge in [-0.25, -0.2) is 13.6 Å². The number of carbonyl (C=O) groups is 2. The molecule has 1 aliphatic heterocycles. The molecule has 3 aromatic carbocycles. The maximum atomic E-state index is 13.5. The van der Waals surface area contributed by atoms with Gasteiger partial charge in [-0.15, -0.1) is 0 Å². The molecule has 1 heterocycles. The molecule has 3 aromatic rings. The van der Waals surface area contributed by atoms with Crippen molar-refractivity contribution in [2.75, 3.05) is 19.1 Å². The van der Waals surface area contributed by atoms with Crippen LogP contribution in [0, 0.1) is 0 Å². The molecule has 9 nitrogen and oxygen atoms in total. The Bertz CT molecular complexity index is 1570. The van der Waals surface area contributed by atoms with Crippen LogP contribution in [0.4, 0.5) is 5.69 Å². The molecule has 1 saturated heterocycles. The number of ether oxygens (including phenoxy) is 2. The number of methoxy groups -OCH3 is 2. The summed E-state index contributed by atoms with van der Waals surface area (Å²) >= 11 is 0. The van der Waals surface area contributed by atoms with Crippen LogP contribution in [0.1, 0.15) is 43.5 Å². The number of sulfonamides is 1. The van der Waals surface area contributed by atoms with Crippen LogP contribution in [0.5, 0.6) is 11.5 Å². The number of hydrogen-bond acceptors (Lipinski definition) is 7. The smallest absolute Gasteiger partial charge is 0.300 e. The second-order valence-electron chi connectivity index (χ2n) is 10.1. The van der Waals surface area contributed by atoms with E-state index < -0.39 is 27.8 Å². The third kappa shape index (κ3) is 5.25. The summed E-state index contributed by atoms with van der Waals surface area (Å²) in [6.45, 7) is 6.04. The number of primary sulfonamides is 1. The molecule has 1 amide bonds. The molecule has 1 aliphatic rings. The van der Waals surface area contributed by atoms with Gasteiger partial charge < -0.3 is 14.6 Å². The quantitative estimate of drug-likeness (QED) is 0.266. The number of Topliss-reactive ketones (excluding diaryl/α,β-unsaturated/α-hetero) is 1. The molecule has 10 heteroatoms. The molecule has 1 atom stereocenters. The first-order valence-corrected chi connectivity index (χ1v) is 13.6. The number of aliphatic hydroxyl groups excluding tert-OH is 1. The third-order valence-electron chi connectivity index (χ3n) is 6.64. The average Bonchev–Trinajstić information content (AvgIpc) is 3.17. The minimum Gasteiger partial charge on any atom is -0.507 e. The highest BCUT2D eigenvalue weighted by Gasteiger charge is 2.47. The predicted molar refractivity (Wildman–Crippen MR) is 147 cm³/mol. The normalized spacial score (nSPS) is 17.4. The fourth-order valence-corrected chi connectivity index (χ4v) is 5.02. The summed E-state index contributed by atoms with van der Waals surface area (Å²) in [7, 11) is -1.00. The van der Waals surface area contributed by atoms with Crippen LogP contribution in [-0.2, 0) is 25.0 Å². The maximum absolute atomic E-state index is 13.5. The molecule has 0 spiro atoms. The van der Waals surface area contributed by atoms with Crippen molar-refractivity contribution in [1.82, 2.24) is 0 Å². The van der Waals surface area contributed by atoms with E-state index in [1.54, 1.807) is 36.4 Å². The van der Waals surface area contributed by atoms with Crippen molar-refractivity contribution in [2.45, 2.75) is 37.1 Å². The lowest BCUT2D eigenvalue weighted by Gasteiger charge is -2.26. The predicted octanol–water partition coefficient (Wildman–Crippen LogP) is 4.28. The number of rotatable bonds is 6. The van der Waals surface area contributed by atoms with Gasteiger partial charge in [0.15, 0.2) is 0 Å². The van der Waals surface area contributed by atoms with Gasteiger partial charge in [0.1, 0.15) is 17.3 Å². The monoisotopic (exact) mass is 550 g/mol. The third-order valence-corrected chi connectivity index (χ3v) is 7.57. The van der Waals surface area contributed by atoms with Crippen molar-refractivity contribution in [3.05, 3.63) is 89.0 Å². The Morgan fingerprint density at radius 3 is 2.05 bits per heavy atom.